The Bertz CT molecular complexity index is 1340. The quantitative estimate of drug-likeness (QED) is 0.254. The molecule has 3 aromatic carbocycles. The minimum Gasteiger partial charge on any atom is -0.487 e. The van der Waals surface area contributed by atoms with Crippen LogP contribution in [-0.2, 0) is 6.61 Å². The van der Waals surface area contributed by atoms with E-state index in [9.17, 15) is 0 Å². The van der Waals surface area contributed by atoms with Crippen molar-refractivity contribution < 1.29 is 10.1 Å². The molecule has 0 aliphatic carbocycles. The molecule has 0 fully saturated rings. The summed E-state index contributed by atoms with van der Waals surface area (Å²) in [7, 11) is 0. The smallest absolute Gasteiger partial charge is 0.324 e. The number of nitrogens with two attached hydrogens (primary N) is 2. The summed E-state index contributed by atoms with van der Waals surface area (Å²) in [6.07, 6.45) is 1.95. The number of fused-ring (bicyclic) bond motifs is 1. The zero-order chi connectivity index (χ0) is 23.2. The van der Waals surface area contributed by atoms with Crippen molar-refractivity contribution in [1.29, 1.82) is 0 Å². The molecule has 1 heterocycles. The second-order valence-electron chi connectivity index (χ2n) is 7.56. The lowest BCUT2D eigenvalue weighted by Gasteiger charge is -2.08. The molecule has 1 aromatic heterocycles. The SMILES string of the molecule is CC(N)=NC(=[NH2+])/C(=C/c1ccc(Cl)cc1)c1ccc(OCc2ccc3ccccc3n2)cc1. The zero-order valence-corrected chi connectivity index (χ0v) is 19.0. The van der Waals surface area contributed by atoms with Gasteiger partial charge >= 0.3 is 5.84 Å². The van der Waals surface area contributed by atoms with E-state index in [0.717, 1.165) is 39.0 Å². The van der Waals surface area contributed by atoms with E-state index in [0.29, 0.717) is 23.3 Å². The molecule has 0 bridgehead atoms. The van der Waals surface area contributed by atoms with Crippen molar-refractivity contribution in [2.24, 2.45) is 10.7 Å². The van der Waals surface area contributed by atoms with Crippen molar-refractivity contribution in [3.63, 3.8) is 0 Å². The second kappa shape index (κ2) is 10.1. The number of aromatic nitrogens is 1. The van der Waals surface area contributed by atoms with Gasteiger partial charge in [-0.15, -0.1) is 0 Å². The molecule has 0 saturated heterocycles. The first-order chi connectivity index (χ1) is 16.0. The van der Waals surface area contributed by atoms with Gasteiger partial charge in [-0.05, 0) is 58.6 Å². The Morgan fingerprint density at radius 1 is 1.00 bits per heavy atom. The van der Waals surface area contributed by atoms with Crippen molar-refractivity contribution in [2.75, 3.05) is 0 Å². The molecule has 0 aliphatic heterocycles. The average molecular weight is 456 g/mol. The van der Waals surface area contributed by atoms with Crippen molar-refractivity contribution in [1.82, 2.24) is 4.98 Å². The predicted octanol–water partition coefficient (Wildman–Crippen LogP) is 4.54. The van der Waals surface area contributed by atoms with Crippen molar-refractivity contribution in [3.8, 4) is 5.75 Å². The number of benzene rings is 3. The molecule has 164 valence electrons. The highest BCUT2D eigenvalue weighted by atomic mass is 35.5. The molecule has 0 aliphatic rings. The summed E-state index contributed by atoms with van der Waals surface area (Å²) in [4.78, 5) is 8.90. The Morgan fingerprint density at radius 3 is 2.45 bits per heavy atom. The topological polar surface area (TPSA) is 86.1 Å². The summed E-state index contributed by atoms with van der Waals surface area (Å²) >= 11 is 6.01. The van der Waals surface area contributed by atoms with Crippen LogP contribution in [0.4, 0.5) is 0 Å². The van der Waals surface area contributed by atoms with Gasteiger partial charge in [-0.1, -0.05) is 60.1 Å². The van der Waals surface area contributed by atoms with Gasteiger partial charge < -0.3 is 10.5 Å². The number of aliphatic imine (C=N–C) groups is 1. The molecular formula is C27H24ClN4O+. The fourth-order valence-electron chi connectivity index (χ4n) is 3.36. The number of halogens is 1. The standard InChI is InChI=1S/C27H23ClN4O/c1-18(29)31-27(30)25(16-19-6-11-22(28)12-7-19)20-9-14-24(15-10-20)33-17-23-13-8-21-4-2-3-5-26(21)32-23/h2-16H,17H2,1H3,(H3,29,30,31)/p+1/b25-16+. The van der Waals surface area contributed by atoms with Crippen LogP contribution in [0.3, 0.4) is 0 Å². The highest BCUT2D eigenvalue weighted by molar-refractivity contribution is 6.30. The highest BCUT2D eigenvalue weighted by Crippen LogP contribution is 2.23. The molecule has 4 N–H and O–H groups in total. The average Bonchev–Trinajstić information content (AvgIpc) is 2.82. The zero-order valence-electron chi connectivity index (χ0n) is 18.2. The molecule has 33 heavy (non-hydrogen) atoms. The Kier molecular flexibility index (Phi) is 6.81. The van der Waals surface area contributed by atoms with Crippen LogP contribution in [0.25, 0.3) is 22.6 Å². The van der Waals surface area contributed by atoms with Gasteiger partial charge in [0, 0.05) is 17.3 Å². The van der Waals surface area contributed by atoms with Gasteiger partial charge in [0.1, 0.15) is 12.4 Å². The number of nitrogens with zero attached hydrogens (tertiary/aromatic N) is 2. The van der Waals surface area contributed by atoms with Crippen LogP contribution >= 0.6 is 11.6 Å². The molecule has 4 rings (SSSR count). The largest absolute Gasteiger partial charge is 0.487 e. The summed E-state index contributed by atoms with van der Waals surface area (Å²) in [5.41, 5.74) is 10.2. The van der Waals surface area contributed by atoms with E-state index in [1.807, 2.05) is 84.9 Å². The highest BCUT2D eigenvalue weighted by Gasteiger charge is 2.15. The van der Waals surface area contributed by atoms with E-state index < -0.39 is 0 Å². The third-order valence-corrected chi connectivity index (χ3v) is 5.21. The maximum atomic E-state index is 6.26. The Hall–Kier alpha value is -3.96. The predicted molar refractivity (Wildman–Crippen MR) is 136 cm³/mol. The summed E-state index contributed by atoms with van der Waals surface area (Å²) in [5, 5.41) is 8.04. The Morgan fingerprint density at radius 2 is 1.73 bits per heavy atom. The lowest BCUT2D eigenvalue weighted by molar-refractivity contribution is -0.112. The Labute approximate surface area is 197 Å². The molecule has 0 radical (unpaired) electrons. The van der Waals surface area contributed by atoms with Gasteiger partial charge in [0.2, 0.25) is 5.84 Å². The third-order valence-electron chi connectivity index (χ3n) is 4.96. The van der Waals surface area contributed by atoms with Crippen LogP contribution in [0.15, 0.2) is 89.9 Å². The third kappa shape index (κ3) is 5.84. The molecule has 4 aromatic rings. The van der Waals surface area contributed by atoms with Gasteiger partial charge in [0.15, 0.2) is 0 Å². The number of amidine groups is 2. The molecule has 0 saturated carbocycles. The normalized spacial score (nSPS) is 12.1. The fourth-order valence-corrected chi connectivity index (χ4v) is 3.48. The van der Waals surface area contributed by atoms with E-state index in [2.05, 4.69) is 16.0 Å². The van der Waals surface area contributed by atoms with Gasteiger partial charge in [0.25, 0.3) is 0 Å². The number of rotatable bonds is 6. The summed E-state index contributed by atoms with van der Waals surface area (Å²) in [6, 6.07) is 27.2. The number of pyridine rings is 1. The van der Waals surface area contributed by atoms with Crippen LogP contribution in [0, 0.1) is 0 Å². The number of ether oxygens (including phenoxy) is 1. The second-order valence-corrected chi connectivity index (χ2v) is 7.99. The minimum atomic E-state index is 0.332. The van der Waals surface area contributed by atoms with Gasteiger partial charge in [-0.25, -0.2) is 4.98 Å². The maximum absolute atomic E-state index is 6.26. The first kappa shape index (κ1) is 22.2. The number of hydrogen-bond donors (Lipinski definition) is 2. The molecule has 6 heteroatoms. The molecule has 0 amide bonds. The first-order valence-corrected chi connectivity index (χ1v) is 10.8. The number of hydrogen-bond acceptors (Lipinski definition) is 2. The van der Waals surface area contributed by atoms with Crippen LogP contribution in [0.2, 0.25) is 5.02 Å². The van der Waals surface area contributed by atoms with E-state index >= 15 is 0 Å². The van der Waals surface area contributed by atoms with Crippen LogP contribution < -0.4 is 15.9 Å². The van der Waals surface area contributed by atoms with Crippen LogP contribution in [-0.4, -0.2) is 16.7 Å². The molecule has 0 atom stereocenters. The molecular weight excluding hydrogens is 432 g/mol. The van der Waals surface area contributed by atoms with Gasteiger partial charge in [0.05, 0.1) is 16.8 Å². The first-order valence-electron chi connectivity index (χ1n) is 10.5. The van der Waals surface area contributed by atoms with E-state index in [1.54, 1.807) is 6.92 Å². The van der Waals surface area contributed by atoms with E-state index in [1.165, 1.54) is 0 Å². The molecule has 0 spiro atoms. The van der Waals surface area contributed by atoms with E-state index in [-0.39, 0.29) is 0 Å². The van der Waals surface area contributed by atoms with Crippen molar-refractivity contribution in [3.05, 3.63) is 107 Å². The lowest BCUT2D eigenvalue weighted by atomic mass is 10.0. The van der Waals surface area contributed by atoms with Gasteiger partial charge in [-0.3, -0.25) is 5.41 Å². The number of para-hydroxylation sites is 1. The van der Waals surface area contributed by atoms with Gasteiger partial charge in [-0.2, -0.15) is 0 Å². The summed E-state index contributed by atoms with van der Waals surface area (Å²) < 4.78 is 5.95. The van der Waals surface area contributed by atoms with E-state index in [4.69, 9.17) is 27.5 Å². The minimum absolute atomic E-state index is 0.332. The fraction of sp³-hybridized carbons (Fsp3) is 0.0741. The maximum Gasteiger partial charge on any atom is 0.324 e. The Balaban J connectivity index is 1.54. The van der Waals surface area contributed by atoms with Crippen molar-refractivity contribution in [2.45, 2.75) is 13.5 Å². The summed E-state index contributed by atoms with van der Waals surface area (Å²) in [5.74, 6) is 1.45. The monoisotopic (exact) mass is 455 g/mol. The summed E-state index contributed by atoms with van der Waals surface area (Å²) in [6.45, 7) is 2.08. The van der Waals surface area contributed by atoms with Crippen LogP contribution in [0.5, 0.6) is 5.75 Å². The van der Waals surface area contributed by atoms with Crippen LogP contribution in [0.1, 0.15) is 23.7 Å². The molecule has 5 nitrogen and oxygen atoms in total. The molecule has 0 unspecified atom stereocenters. The van der Waals surface area contributed by atoms with Crippen molar-refractivity contribution >= 4 is 45.8 Å². The lowest BCUT2D eigenvalue weighted by Crippen LogP contribution is -2.40.